The molecule has 0 unspecified atom stereocenters. The van der Waals surface area contributed by atoms with Crippen LogP contribution in [-0.4, -0.2) is 52.3 Å². The summed E-state index contributed by atoms with van der Waals surface area (Å²) in [5.74, 6) is 0.703. The van der Waals surface area contributed by atoms with Crippen molar-refractivity contribution >= 4 is 17.5 Å². The fourth-order valence-corrected chi connectivity index (χ4v) is 6.79. The van der Waals surface area contributed by atoms with E-state index in [1.807, 2.05) is 12.1 Å². The van der Waals surface area contributed by atoms with E-state index in [1.54, 1.807) is 44.6 Å². The van der Waals surface area contributed by atoms with E-state index in [0.717, 1.165) is 38.5 Å². The highest BCUT2D eigenvalue weighted by Crippen LogP contribution is 2.36. The third-order valence-electron chi connectivity index (χ3n) is 9.28. The van der Waals surface area contributed by atoms with Crippen molar-refractivity contribution in [1.29, 1.82) is 0 Å². The predicted octanol–water partition coefficient (Wildman–Crippen LogP) is 6.38. The average Bonchev–Trinajstić information content (AvgIpc) is 3.80. The molecule has 10 nitrogen and oxygen atoms in total. The number of ether oxygens (including phenoxy) is 2. The molecule has 47 heavy (non-hydrogen) atoms. The number of carbonyl (C=O) groups excluding carboxylic acids is 2. The number of aromatic nitrogens is 4. The summed E-state index contributed by atoms with van der Waals surface area (Å²) in [6.07, 6.45) is 9.81. The Kier molecular flexibility index (Phi) is 10.1. The summed E-state index contributed by atoms with van der Waals surface area (Å²) in [7, 11) is 3.10. The lowest BCUT2D eigenvalue weighted by atomic mass is 9.84. The van der Waals surface area contributed by atoms with Crippen molar-refractivity contribution in [3.05, 3.63) is 83.7 Å². The molecule has 1 atom stereocenters. The van der Waals surface area contributed by atoms with E-state index in [2.05, 4.69) is 32.9 Å². The molecule has 1 N–H and O–H groups in total. The summed E-state index contributed by atoms with van der Waals surface area (Å²) in [4.78, 5) is 31.2. The van der Waals surface area contributed by atoms with Gasteiger partial charge in [0.05, 0.1) is 14.2 Å². The van der Waals surface area contributed by atoms with Crippen LogP contribution >= 0.6 is 0 Å². The fourth-order valence-electron chi connectivity index (χ4n) is 6.79. The lowest BCUT2D eigenvalue weighted by Gasteiger charge is -2.32. The van der Waals surface area contributed by atoms with Crippen LogP contribution in [0.2, 0.25) is 0 Å². The first-order valence-electron chi connectivity index (χ1n) is 16.4. The number of tetrazole rings is 1. The molecule has 0 bridgehead atoms. The number of rotatable bonds is 11. The smallest absolute Gasteiger partial charge is 0.251 e. The number of nitrogens with one attached hydrogen (secondary N) is 1. The Morgan fingerprint density at radius 2 is 1.57 bits per heavy atom. The minimum atomic E-state index is -1.04. The highest BCUT2D eigenvalue weighted by Gasteiger charge is 2.35. The Bertz CT molecular complexity index is 1660. The van der Waals surface area contributed by atoms with Gasteiger partial charge in [0.25, 0.3) is 5.91 Å². The monoisotopic (exact) mass is 640 g/mol. The maximum Gasteiger partial charge on any atom is 0.251 e. The van der Waals surface area contributed by atoms with Crippen molar-refractivity contribution in [1.82, 2.24) is 25.5 Å². The molecule has 0 saturated heterocycles. The van der Waals surface area contributed by atoms with Crippen LogP contribution in [0.4, 0.5) is 10.1 Å². The third kappa shape index (κ3) is 7.45. The lowest BCUT2D eigenvalue weighted by Crippen LogP contribution is -2.47. The first-order valence-corrected chi connectivity index (χ1v) is 16.4. The van der Waals surface area contributed by atoms with Gasteiger partial charge in [-0.25, -0.2) is 4.39 Å². The zero-order chi connectivity index (χ0) is 32.8. The summed E-state index contributed by atoms with van der Waals surface area (Å²) >= 11 is 0. The van der Waals surface area contributed by atoms with E-state index in [4.69, 9.17) is 9.47 Å². The Morgan fingerprint density at radius 1 is 0.894 bits per heavy atom. The number of methoxy groups -OCH3 is 2. The molecule has 0 aliphatic heterocycles. The zero-order valence-electron chi connectivity index (χ0n) is 26.9. The largest absolute Gasteiger partial charge is 0.493 e. The maximum atomic E-state index is 14.4. The van der Waals surface area contributed by atoms with Gasteiger partial charge in [0.2, 0.25) is 11.7 Å². The van der Waals surface area contributed by atoms with E-state index >= 15 is 0 Å². The predicted molar refractivity (Wildman–Crippen MR) is 176 cm³/mol. The highest BCUT2D eigenvalue weighted by molar-refractivity contribution is 6.01. The number of benzene rings is 3. The number of anilines is 1. The second-order valence-electron chi connectivity index (χ2n) is 12.3. The molecule has 0 spiro atoms. The summed E-state index contributed by atoms with van der Waals surface area (Å²) < 4.78 is 24.8. The van der Waals surface area contributed by atoms with Crippen LogP contribution in [0.15, 0.2) is 66.7 Å². The molecule has 2 aliphatic rings. The molecular weight excluding hydrogens is 599 g/mol. The van der Waals surface area contributed by atoms with Gasteiger partial charge in [-0.3, -0.25) is 14.5 Å². The molecule has 2 amide bonds. The fraction of sp³-hybridized carbons (Fsp3) is 0.417. The van der Waals surface area contributed by atoms with Gasteiger partial charge in [0.1, 0.15) is 18.4 Å². The molecule has 246 valence electrons. The molecule has 0 radical (unpaired) electrons. The second kappa shape index (κ2) is 14.7. The first-order chi connectivity index (χ1) is 22.9. The molecule has 2 fully saturated rings. The third-order valence-corrected chi connectivity index (χ3v) is 9.28. The van der Waals surface area contributed by atoms with Gasteiger partial charge in [-0.05, 0) is 90.4 Å². The van der Waals surface area contributed by atoms with Crippen LogP contribution in [0.5, 0.6) is 11.5 Å². The summed E-state index contributed by atoms with van der Waals surface area (Å²) in [5.41, 5.74) is 2.93. The number of carbonyl (C=O) groups is 2. The van der Waals surface area contributed by atoms with Crippen LogP contribution in [0.3, 0.4) is 0 Å². The Labute approximate surface area is 274 Å². The van der Waals surface area contributed by atoms with Crippen LogP contribution in [-0.2, 0) is 16.1 Å². The van der Waals surface area contributed by atoms with Crippen molar-refractivity contribution in [3.63, 3.8) is 0 Å². The van der Waals surface area contributed by atoms with Crippen LogP contribution in [0, 0.1) is 5.82 Å². The number of hydrogen-bond acceptors (Lipinski definition) is 7. The highest BCUT2D eigenvalue weighted by atomic mass is 19.1. The molecule has 11 heteroatoms. The Hall–Kier alpha value is -4.80. The van der Waals surface area contributed by atoms with Gasteiger partial charge in [-0.2, -0.15) is 4.80 Å². The first kappa shape index (κ1) is 32.2. The van der Waals surface area contributed by atoms with Crippen molar-refractivity contribution in [2.45, 2.75) is 82.3 Å². The van der Waals surface area contributed by atoms with Crippen LogP contribution < -0.4 is 19.7 Å². The standard InChI is InChI=1S/C36H41FN6O4/c1-46-31-21-16-27(22-32(31)47-2)35-39-41-42(40-35)23-33(44)43(30-19-14-25(15-20-30)24-8-4-3-5-9-24)34(26-12-17-28(37)18-13-26)36(45)38-29-10-6-7-11-29/h12-22,24,29,34H,3-11,23H2,1-2H3,(H,38,45)/t34-/m1/s1. The van der Waals surface area contributed by atoms with Gasteiger partial charge in [-0.15, -0.1) is 10.2 Å². The molecule has 1 heterocycles. The van der Waals surface area contributed by atoms with Crippen molar-refractivity contribution in [3.8, 4) is 22.9 Å². The van der Waals surface area contributed by atoms with Crippen molar-refractivity contribution in [2.75, 3.05) is 19.1 Å². The summed E-state index contributed by atoms with van der Waals surface area (Å²) in [6.45, 7) is -0.279. The van der Waals surface area contributed by atoms with Crippen LogP contribution in [0.1, 0.15) is 80.9 Å². The molecular formula is C36H41FN6O4. The van der Waals surface area contributed by atoms with Gasteiger partial charge < -0.3 is 14.8 Å². The van der Waals surface area contributed by atoms with Crippen molar-refractivity contribution < 1.29 is 23.5 Å². The summed E-state index contributed by atoms with van der Waals surface area (Å²) in [5, 5.41) is 16.0. The van der Waals surface area contributed by atoms with E-state index in [0.29, 0.717) is 40.1 Å². The van der Waals surface area contributed by atoms with Gasteiger partial charge in [0.15, 0.2) is 11.5 Å². The molecule has 2 saturated carbocycles. The average molecular weight is 641 g/mol. The number of halogens is 1. The lowest BCUT2D eigenvalue weighted by molar-refractivity contribution is -0.127. The minimum absolute atomic E-state index is 0.0251. The molecule has 6 rings (SSSR count). The summed E-state index contributed by atoms with van der Waals surface area (Å²) in [6, 6.07) is 17.9. The SMILES string of the molecule is COc1ccc(-c2nnn(CC(=O)N(c3ccc(C4CCCCC4)cc3)[C@@H](C(=O)NC3CCCC3)c3ccc(F)cc3)n2)cc1OC. The van der Waals surface area contributed by atoms with E-state index in [1.165, 1.54) is 46.7 Å². The van der Waals surface area contributed by atoms with Gasteiger partial charge in [0, 0.05) is 17.3 Å². The van der Waals surface area contributed by atoms with Crippen molar-refractivity contribution in [2.24, 2.45) is 0 Å². The Balaban J connectivity index is 1.34. The number of amides is 2. The van der Waals surface area contributed by atoms with Gasteiger partial charge >= 0.3 is 0 Å². The minimum Gasteiger partial charge on any atom is -0.493 e. The quantitative estimate of drug-likeness (QED) is 0.203. The second-order valence-corrected chi connectivity index (χ2v) is 12.3. The zero-order valence-corrected chi connectivity index (χ0v) is 26.9. The van der Waals surface area contributed by atoms with E-state index < -0.39 is 17.8 Å². The normalized spacial score (nSPS) is 16.1. The number of hydrogen-bond donors (Lipinski definition) is 1. The van der Waals surface area contributed by atoms with Gasteiger partial charge in [-0.1, -0.05) is 56.4 Å². The van der Waals surface area contributed by atoms with E-state index in [-0.39, 0.29) is 18.5 Å². The molecule has 3 aromatic carbocycles. The molecule has 1 aromatic heterocycles. The van der Waals surface area contributed by atoms with E-state index in [9.17, 15) is 14.0 Å². The molecule has 2 aliphatic carbocycles. The van der Waals surface area contributed by atoms with Crippen LogP contribution in [0.25, 0.3) is 11.4 Å². The Morgan fingerprint density at radius 3 is 2.26 bits per heavy atom. The molecule has 4 aromatic rings. The topological polar surface area (TPSA) is 111 Å². The maximum absolute atomic E-state index is 14.4. The number of nitrogens with zero attached hydrogens (tertiary/aromatic N) is 5.